The number of carboxylic acids is 1. The fraction of sp³-hybridized carbons (Fsp3) is 0.571. The molecule has 7 nitrogen and oxygen atoms in total. The van der Waals surface area contributed by atoms with Crippen molar-refractivity contribution in [1.29, 1.82) is 0 Å². The van der Waals surface area contributed by atoms with Crippen LogP contribution in [0.5, 0.6) is 0 Å². The molecule has 1 aliphatic heterocycles. The van der Waals surface area contributed by atoms with E-state index in [1.807, 2.05) is 6.08 Å². The smallest absolute Gasteiger partial charge is 0.257 e. The van der Waals surface area contributed by atoms with E-state index in [-0.39, 0.29) is 11.8 Å². The number of morpholine rings is 1. The first-order valence-electron chi connectivity index (χ1n) is 10.2. The fourth-order valence-corrected chi connectivity index (χ4v) is 5.66. The topological polar surface area (TPSA) is 98.8 Å². The second kappa shape index (κ2) is 8.67. The number of fused-ring (bicyclic) bond motifs is 1. The Kier molecular flexibility index (Phi) is 6.01. The van der Waals surface area contributed by atoms with Crippen molar-refractivity contribution in [3.63, 3.8) is 0 Å². The molecule has 0 aromatic carbocycles. The molecule has 0 bridgehead atoms. The number of hydrogen-bond donors (Lipinski definition) is 1. The molecule has 4 rings (SSSR count). The minimum atomic E-state index is -1.20. The van der Waals surface area contributed by atoms with Crippen molar-refractivity contribution in [3.05, 3.63) is 28.2 Å². The van der Waals surface area contributed by atoms with Gasteiger partial charge in [0.25, 0.3) is 5.91 Å². The lowest BCUT2D eigenvalue weighted by Crippen LogP contribution is -2.42. The van der Waals surface area contributed by atoms with E-state index >= 15 is 0 Å². The molecule has 29 heavy (non-hydrogen) atoms. The number of nitrogens with zero attached hydrogens (tertiary/aromatic N) is 1. The number of aliphatic carboxylic acids is 1. The maximum atomic E-state index is 13.3. The van der Waals surface area contributed by atoms with Gasteiger partial charge in [-0.1, -0.05) is 12.2 Å². The third-order valence-corrected chi connectivity index (χ3v) is 7.20. The number of carbonyl (C=O) groups is 3. The number of ether oxygens (including phenoxy) is 1. The van der Waals surface area contributed by atoms with Gasteiger partial charge in [0.2, 0.25) is 5.91 Å². The Hall–Kier alpha value is -2.19. The highest BCUT2D eigenvalue weighted by Gasteiger charge is 2.33. The third kappa shape index (κ3) is 4.09. The molecule has 1 aromatic heterocycles. The van der Waals surface area contributed by atoms with Gasteiger partial charge in [-0.25, -0.2) is 0 Å². The van der Waals surface area contributed by atoms with Crippen LogP contribution in [-0.4, -0.2) is 49.0 Å². The molecular weight excluding hydrogens is 392 g/mol. The van der Waals surface area contributed by atoms with Crippen molar-refractivity contribution in [2.24, 2.45) is 11.8 Å². The summed E-state index contributed by atoms with van der Waals surface area (Å²) in [6.45, 7) is 2.11. The van der Waals surface area contributed by atoms with Crippen molar-refractivity contribution in [1.82, 2.24) is 4.90 Å². The summed E-state index contributed by atoms with van der Waals surface area (Å²) in [6, 6.07) is 0. The molecule has 8 heteroatoms. The molecule has 1 fully saturated rings. The van der Waals surface area contributed by atoms with Crippen LogP contribution in [0.4, 0.5) is 5.00 Å². The number of aryl methyl sites for hydroxylation is 1. The summed E-state index contributed by atoms with van der Waals surface area (Å²) in [5.74, 6) is -3.14. The average Bonchev–Trinajstić information content (AvgIpc) is 3.11. The normalized spacial score (nSPS) is 24.1. The van der Waals surface area contributed by atoms with Crippen molar-refractivity contribution >= 4 is 34.1 Å². The molecule has 3 aliphatic rings. The van der Waals surface area contributed by atoms with Crippen LogP contribution >= 0.6 is 11.3 Å². The molecule has 0 spiro atoms. The molecule has 2 aliphatic carbocycles. The van der Waals surface area contributed by atoms with Gasteiger partial charge in [-0.2, -0.15) is 0 Å². The number of carboxylic acid groups (broad SMARTS) is 1. The Morgan fingerprint density at radius 1 is 1.07 bits per heavy atom. The molecule has 2 atom stereocenters. The van der Waals surface area contributed by atoms with E-state index in [4.69, 9.17) is 4.74 Å². The largest absolute Gasteiger partial charge is 0.550 e. The molecule has 1 aromatic rings. The summed E-state index contributed by atoms with van der Waals surface area (Å²) in [7, 11) is 0. The second-order valence-electron chi connectivity index (χ2n) is 7.78. The second-order valence-corrected chi connectivity index (χ2v) is 8.89. The van der Waals surface area contributed by atoms with Crippen LogP contribution in [0.1, 0.15) is 46.5 Å². The van der Waals surface area contributed by atoms with Crippen LogP contribution in [0.25, 0.3) is 0 Å². The third-order valence-electron chi connectivity index (χ3n) is 5.99. The number of rotatable bonds is 4. The minimum absolute atomic E-state index is 0.0667. The first-order chi connectivity index (χ1) is 14.1. The van der Waals surface area contributed by atoms with Crippen LogP contribution in [-0.2, 0) is 27.2 Å². The standard InChI is InChI=1S/C21H26N2O5S/c24-18(13-5-1-2-6-14(13)21(26)27)22-19-17(15-7-3-4-8-16(15)29-19)20(25)23-9-11-28-12-10-23/h1-2,13-14H,3-12H2,(H,22,24)(H,26,27)/p-1/t13-,14+/m1/s1. The number of allylic oxidation sites excluding steroid dienone is 2. The predicted molar refractivity (Wildman–Crippen MR) is 107 cm³/mol. The maximum absolute atomic E-state index is 13.3. The molecule has 1 N–H and O–H groups in total. The number of anilines is 1. The van der Waals surface area contributed by atoms with Gasteiger partial charge < -0.3 is 24.9 Å². The van der Waals surface area contributed by atoms with Gasteiger partial charge in [0.15, 0.2) is 0 Å². The Bertz CT molecular complexity index is 840. The lowest BCUT2D eigenvalue weighted by molar-refractivity contribution is -0.313. The summed E-state index contributed by atoms with van der Waals surface area (Å²) in [4.78, 5) is 40.7. The summed E-state index contributed by atoms with van der Waals surface area (Å²) in [5.41, 5.74) is 1.64. The van der Waals surface area contributed by atoms with Gasteiger partial charge >= 0.3 is 0 Å². The van der Waals surface area contributed by atoms with E-state index < -0.39 is 17.8 Å². The van der Waals surface area contributed by atoms with Crippen LogP contribution in [0.3, 0.4) is 0 Å². The van der Waals surface area contributed by atoms with E-state index in [2.05, 4.69) is 5.32 Å². The Balaban J connectivity index is 1.62. The van der Waals surface area contributed by atoms with Gasteiger partial charge in [-0.05, 0) is 44.1 Å². The Morgan fingerprint density at radius 2 is 1.76 bits per heavy atom. The molecular formula is C21H25N2O5S-. The van der Waals surface area contributed by atoms with Gasteiger partial charge in [0, 0.05) is 29.9 Å². The summed E-state index contributed by atoms with van der Waals surface area (Å²) in [5, 5.41) is 14.9. The van der Waals surface area contributed by atoms with Crippen LogP contribution in [0, 0.1) is 11.8 Å². The van der Waals surface area contributed by atoms with Crippen molar-refractivity contribution in [2.75, 3.05) is 31.6 Å². The van der Waals surface area contributed by atoms with Crippen LogP contribution < -0.4 is 10.4 Å². The van der Waals surface area contributed by atoms with Crippen LogP contribution in [0.15, 0.2) is 12.2 Å². The monoisotopic (exact) mass is 417 g/mol. The van der Waals surface area contributed by atoms with E-state index in [1.165, 1.54) is 11.3 Å². The molecule has 0 unspecified atom stereocenters. The molecule has 1 saturated heterocycles. The molecule has 2 amide bonds. The number of nitrogens with one attached hydrogen (secondary N) is 1. The maximum Gasteiger partial charge on any atom is 0.257 e. The zero-order chi connectivity index (χ0) is 20.4. The molecule has 2 heterocycles. The van der Waals surface area contributed by atoms with Gasteiger partial charge in [-0.15, -0.1) is 11.3 Å². The minimum Gasteiger partial charge on any atom is -0.550 e. The zero-order valence-corrected chi connectivity index (χ0v) is 17.1. The number of hydrogen-bond acceptors (Lipinski definition) is 6. The Morgan fingerprint density at radius 3 is 2.48 bits per heavy atom. The predicted octanol–water partition coefficient (Wildman–Crippen LogP) is 1.37. The van der Waals surface area contributed by atoms with Gasteiger partial charge in [0.05, 0.1) is 24.7 Å². The molecule has 0 saturated carbocycles. The van der Waals surface area contributed by atoms with Crippen LogP contribution in [0.2, 0.25) is 0 Å². The summed E-state index contributed by atoms with van der Waals surface area (Å²) in [6.07, 6.45) is 8.12. The first-order valence-corrected chi connectivity index (χ1v) is 11.1. The number of amides is 2. The summed E-state index contributed by atoms with van der Waals surface area (Å²) >= 11 is 1.46. The lowest BCUT2D eigenvalue weighted by atomic mass is 9.82. The highest BCUT2D eigenvalue weighted by molar-refractivity contribution is 7.17. The number of thiophene rings is 1. The highest BCUT2D eigenvalue weighted by Crippen LogP contribution is 2.39. The fourth-order valence-electron chi connectivity index (χ4n) is 4.37. The molecule has 0 radical (unpaired) electrons. The average molecular weight is 418 g/mol. The lowest BCUT2D eigenvalue weighted by Gasteiger charge is -2.29. The van der Waals surface area contributed by atoms with E-state index in [1.54, 1.807) is 11.0 Å². The van der Waals surface area contributed by atoms with Gasteiger partial charge in [0.1, 0.15) is 5.00 Å². The zero-order valence-electron chi connectivity index (χ0n) is 16.3. The van der Waals surface area contributed by atoms with E-state index in [0.717, 1.165) is 36.1 Å². The van der Waals surface area contributed by atoms with Gasteiger partial charge in [-0.3, -0.25) is 9.59 Å². The first kappa shape index (κ1) is 20.1. The SMILES string of the molecule is O=C([O-])[C@H]1CC=CC[C@H]1C(=O)Nc1sc2c(c1C(=O)N1CCOCC1)CCCC2. The van der Waals surface area contributed by atoms with E-state index in [9.17, 15) is 19.5 Å². The quantitative estimate of drug-likeness (QED) is 0.746. The van der Waals surface area contributed by atoms with Crippen molar-refractivity contribution in [2.45, 2.75) is 38.5 Å². The highest BCUT2D eigenvalue weighted by atomic mass is 32.1. The summed E-state index contributed by atoms with van der Waals surface area (Å²) < 4.78 is 5.36. The van der Waals surface area contributed by atoms with E-state index in [0.29, 0.717) is 49.7 Å². The van der Waals surface area contributed by atoms with Crippen molar-refractivity contribution < 1.29 is 24.2 Å². The molecule has 156 valence electrons. The number of carbonyl (C=O) groups excluding carboxylic acids is 3. The van der Waals surface area contributed by atoms with Crippen molar-refractivity contribution in [3.8, 4) is 0 Å². The Labute approximate surface area is 173 Å².